The van der Waals surface area contributed by atoms with Gasteiger partial charge in [-0.05, 0) is 57.8 Å². The van der Waals surface area contributed by atoms with E-state index in [1.807, 2.05) is 36.5 Å². The third kappa shape index (κ3) is 32.2. The second-order valence-electron chi connectivity index (χ2n) is 11.7. The second kappa shape index (κ2) is 32.4. The fourth-order valence-electron chi connectivity index (χ4n) is 4.24. The summed E-state index contributed by atoms with van der Waals surface area (Å²) in [5.41, 5.74) is 5.30. The molecule has 0 aromatic heterocycles. The Morgan fingerprint density at radius 3 is 1.80 bits per heavy atom. The molecule has 49 heavy (non-hydrogen) atoms. The molecule has 0 aromatic carbocycles. The van der Waals surface area contributed by atoms with Gasteiger partial charge in [0.1, 0.15) is 12.6 Å². The van der Waals surface area contributed by atoms with Crippen LogP contribution in [0, 0.1) is 0 Å². The second-order valence-corrected chi connectivity index (χ2v) is 13.2. The molecule has 2 unspecified atom stereocenters. The number of aliphatic carboxylic acids is 1. The average molecular weight is 712 g/mol. The first-order chi connectivity index (χ1) is 23.6. The maximum Gasteiger partial charge on any atom is 0.472 e. The van der Waals surface area contributed by atoms with Crippen molar-refractivity contribution in [3.63, 3.8) is 0 Å². The van der Waals surface area contributed by atoms with E-state index in [-0.39, 0.29) is 19.4 Å². The molecule has 0 bridgehead atoms. The van der Waals surface area contributed by atoms with E-state index in [4.69, 9.17) is 24.8 Å². The minimum absolute atomic E-state index is 0.111. The Morgan fingerprint density at radius 2 is 1.16 bits per heavy atom. The Hall–Kier alpha value is -2.82. The third-order valence-electron chi connectivity index (χ3n) is 7.09. The Morgan fingerprint density at radius 1 is 0.653 bits per heavy atom. The van der Waals surface area contributed by atoms with Crippen LogP contribution < -0.4 is 5.73 Å². The summed E-state index contributed by atoms with van der Waals surface area (Å²) in [6.45, 7) is 2.54. The number of phosphoric ester groups is 1. The predicted octanol–water partition coefficient (Wildman–Crippen LogP) is 8.44. The van der Waals surface area contributed by atoms with Crippen molar-refractivity contribution in [2.24, 2.45) is 5.73 Å². The van der Waals surface area contributed by atoms with Crippen molar-refractivity contribution in [3.05, 3.63) is 60.8 Å². The lowest BCUT2D eigenvalue weighted by atomic mass is 10.1. The molecule has 0 aromatic rings. The normalized spacial score (nSPS) is 14.7. The number of esters is 2. The summed E-state index contributed by atoms with van der Waals surface area (Å²) in [7, 11) is -4.72. The SMILES string of the molecule is CC/C=C/C=C/C=C/C=C/CCCCCC(=O)OC(COC(=O)CCCCCCC/C=C/CCCCC)COP(=O)(O)OC[C@H](N)C(=O)O. The summed E-state index contributed by atoms with van der Waals surface area (Å²) in [6, 6.07) is -1.53. The zero-order chi connectivity index (χ0) is 36.4. The molecule has 0 spiro atoms. The molecule has 0 heterocycles. The largest absolute Gasteiger partial charge is 0.480 e. The number of unbranched alkanes of at least 4 members (excludes halogenated alkanes) is 11. The standard InChI is InChI=1S/C37H62NO10P/c1-3-5-7-9-11-13-15-17-19-21-23-25-27-29-36(40)48-33(31-46-49(43,44)47-32-34(38)37(41)42)30-45-35(39)28-26-24-22-20-18-16-14-12-10-8-6-4-2/h5,7,9,11-15,17,19,33-34H,3-4,6,8,10,16,18,20-32,38H2,1-2H3,(H,41,42)(H,43,44)/b7-5+,11-9+,14-12+,15-13+,19-17+/t33?,34-/m0/s1. The van der Waals surface area contributed by atoms with Crippen molar-refractivity contribution in [1.29, 1.82) is 0 Å². The number of phosphoric acid groups is 1. The fraction of sp³-hybridized carbons (Fsp3) is 0.649. The van der Waals surface area contributed by atoms with Crippen LogP contribution in [-0.2, 0) is 37.5 Å². The number of hydrogen-bond acceptors (Lipinski definition) is 9. The van der Waals surface area contributed by atoms with Crippen molar-refractivity contribution in [2.45, 2.75) is 135 Å². The fourth-order valence-corrected chi connectivity index (χ4v) is 5.02. The maximum atomic E-state index is 12.5. The quantitative estimate of drug-likeness (QED) is 0.0201. The number of ether oxygens (including phenoxy) is 2. The molecule has 0 aliphatic rings. The van der Waals surface area contributed by atoms with E-state index in [0.29, 0.717) is 12.8 Å². The topological polar surface area (TPSA) is 172 Å². The number of hydrogen-bond donors (Lipinski definition) is 3. The van der Waals surface area contributed by atoms with E-state index in [9.17, 15) is 23.8 Å². The van der Waals surface area contributed by atoms with E-state index in [2.05, 4.69) is 42.7 Å². The van der Waals surface area contributed by atoms with Gasteiger partial charge in [-0.25, -0.2) is 4.57 Å². The van der Waals surface area contributed by atoms with Gasteiger partial charge in [-0.3, -0.25) is 23.4 Å². The Bertz CT molecular complexity index is 1070. The number of rotatable bonds is 32. The first-order valence-electron chi connectivity index (χ1n) is 17.9. The van der Waals surface area contributed by atoms with E-state index in [0.717, 1.165) is 64.2 Å². The van der Waals surface area contributed by atoms with Gasteiger partial charge in [0.15, 0.2) is 6.10 Å². The van der Waals surface area contributed by atoms with Gasteiger partial charge in [0.25, 0.3) is 0 Å². The number of carboxylic acid groups (broad SMARTS) is 1. The van der Waals surface area contributed by atoms with Gasteiger partial charge in [-0.15, -0.1) is 0 Å². The van der Waals surface area contributed by atoms with Gasteiger partial charge in [0.2, 0.25) is 0 Å². The van der Waals surface area contributed by atoms with Gasteiger partial charge in [-0.2, -0.15) is 0 Å². The molecular weight excluding hydrogens is 649 g/mol. The van der Waals surface area contributed by atoms with E-state index < -0.39 is 51.1 Å². The molecule has 0 rings (SSSR count). The van der Waals surface area contributed by atoms with Crippen LogP contribution >= 0.6 is 7.82 Å². The molecule has 11 nitrogen and oxygen atoms in total. The summed E-state index contributed by atoms with van der Waals surface area (Å²) in [4.78, 5) is 45.6. The average Bonchev–Trinajstić information content (AvgIpc) is 3.07. The molecule has 3 atom stereocenters. The van der Waals surface area contributed by atoms with Crippen molar-refractivity contribution >= 4 is 25.7 Å². The van der Waals surface area contributed by atoms with Gasteiger partial charge < -0.3 is 25.2 Å². The van der Waals surface area contributed by atoms with Crippen molar-refractivity contribution in [2.75, 3.05) is 19.8 Å². The highest BCUT2D eigenvalue weighted by molar-refractivity contribution is 7.47. The van der Waals surface area contributed by atoms with E-state index in [1.165, 1.54) is 19.3 Å². The molecular formula is C37H62NO10P. The van der Waals surface area contributed by atoms with E-state index in [1.54, 1.807) is 0 Å². The molecule has 4 N–H and O–H groups in total. The van der Waals surface area contributed by atoms with Crippen LogP contribution in [0.4, 0.5) is 0 Å². The third-order valence-corrected chi connectivity index (χ3v) is 8.04. The summed E-state index contributed by atoms with van der Waals surface area (Å²) in [5, 5.41) is 8.84. The van der Waals surface area contributed by atoms with Gasteiger partial charge in [0.05, 0.1) is 13.2 Å². The summed E-state index contributed by atoms with van der Waals surface area (Å²) in [6.07, 6.45) is 34.5. The lowest BCUT2D eigenvalue weighted by Gasteiger charge is -2.20. The number of carboxylic acids is 1. The number of carbonyl (C=O) groups excluding carboxylic acids is 2. The maximum absolute atomic E-state index is 12.5. The number of nitrogens with two attached hydrogens (primary N) is 1. The van der Waals surface area contributed by atoms with Crippen LogP contribution in [0.3, 0.4) is 0 Å². The van der Waals surface area contributed by atoms with Crippen molar-refractivity contribution in [3.8, 4) is 0 Å². The van der Waals surface area contributed by atoms with Gasteiger partial charge in [0, 0.05) is 12.8 Å². The van der Waals surface area contributed by atoms with Gasteiger partial charge in [-0.1, -0.05) is 113 Å². The van der Waals surface area contributed by atoms with Crippen LogP contribution in [0.2, 0.25) is 0 Å². The zero-order valence-electron chi connectivity index (χ0n) is 29.8. The molecule has 280 valence electrons. The van der Waals surface area contributed by atoms with Gasteiger partial charge >= 0.3 is 25.7 Å². The van der Waals surface area contributed by atoms with Crippen LogP contribution in [0.1, 0.15) is 123 Å². The minimum Gasteiger partial charge on any atom is -0.480 e. The van der Waals surface area contributed by atoms with Crippen LogP contribution in [0.5, 0.6) is 0 Å². The first kappa shape index (κ1) is 46.2. The van der Waals surface area contributed by atoms with E-state index >= 15 is 0 Å². The predicted molar refractivity (Wildman–Crippen MR) is 194 cm³/mol. The number of carbonyl (C=O) groups is 3. The van der Waals surface area contributed by atoms with Crippen LogP contribution in [-0.4, -0.2) is 59.9 Å². The monoisotopic (exact) mass is 711 g/mol. The summed E-state index contributed by atoms with van der Waals surface area (Å²) >= 11 is 0. The first-order valence-corrected chi connectivity index (χ1v) is 19.4. The Balaban J connectivity index is 4.59. The summed E-state index contributed by atoms with van der Waals surface area (Å²) < 4.78 is 32.4. The molecule has 0 fully saturated rings. The minimum atomic E-state index is -4.72. The Kier molecular flexibility index (Phi) is 30.5. The smallest absolute Gasteiger partial charge is 0.472 e. The molecule has 0 radical (unpaired) electrons. The lowest BCUT2D eigenvalue weighted by molar-refractivity contribution is -0.161. The highest BCUT2D eigenvalue weighted by Gasteiger charge is 2.28. The van der Waals surface area contributed by atoms with Crippen molar-refractivity contribution in [1.82, 2.24) is 0 Å². The number of allylic oxidation sites excluding steroid dienone is 10. The van der Waals surface area contributed by atoms with Crippen LogP contribution in [0.15, 0.2) is 60.8 Å². The Labute approximate surface area is 294 Å². The lowest BCUT2D eigenvalue weighted by Crippen LogP contribution is -2.34. The molecule has 12 heteroatoms. The molecule has 0 saturated heterocycles. The summed E-state index contributed by atoms with van der Waals surface area (Å²) in [5.74, 6) is -2.45. The zero-order valence-corrected chi connectivity index (χ0v) is 30.6. The molecule has 0 amide bonds. The van der Waals surface area contributed by atoms with Crippen LogP contribution in [0.25, 0.3) is 0 Å². The highest BCUT2D eigenvalue weighted by Crippen LogP contribution is 2.43. The molecule has 0 saturated carbocycles. The molecule has 0 aliphatic carbocycles. The highest BCUT2D eigenvalue weighted by atomic mass is 31.2. The van der Waals surface area contributed by atoms with Crippen molar-refractivity contribution < 1.29 is 47.5 Å². The molecule has 0 aliphatic heterocycles.